The lowest BCUT2D eigenvalue weighted by Crippen LogP contribution is -2.03. The molecule has 0 fully saturated rings. The summed E-state index contributed by atoms with van der Waals surface area (Å²) in [6.07, 6.45) is 2.54. The van der Waals surface area contributed by atoms with Crippen molar-refractivity contribution in [3.8, 4) is 10.8 Å². The van der Waals surface area contributed by atoms with Gasteiger partial charge in [-0.3, -0.25) is 0 Å². The molecule has 9 heteroatoms. The molecule has 0 atom stereocenters. The van der Waals surface area contributed by atoms with Crippen molar-refractivity contribution in [2.45, 2.75) is 13.0 Å². The number of thiophene rings is 1. The fourth-order valence-electron chi connectivity index (χ4n) is 1.66. The van der Waals surface area contributed by atoms with Crippen LogP contribution in [0.2, 0.25) is 0 Å². The van der Waals surface area contributed by atoms with Crippen molar-refractivity contribution < 1.29 is 4.42 Å². The number of halogens is 1. The fraction of sp³-hybridized carbons (Fsp3) is 0.273. The summed E-state index contributed by atoms with van der Waals surface area (Å²) >= 11 is 4.95. The highest BCUT2D eigenvalue weighted by Crippen LogP contribution is 2.30. The zero-order valence-electron chi connectivity index (χ0n) is 10.4. The first kappa shape index (κ1) is 13.4. The number of hydrogen-bond donors (Lipinski definition) is 1. The molecule has 0 spiro atoms. The van der Waals surface area contributed by atoms with E-state index in [4.69, 9.17) is 10.2 Å². The van der Waals surface area contributed by atoms with E-state index in [1.54, 1.807) is 16.0 Å². The molecule has 7 nitrogen and oxygen atoms in total. The highest BCUT2D eigenvalue weighted by molar-refractivity contribution is 9.11. The van der Waals surface area contributed by atoms with Crippen molar-refractivity contribution in [3.05, 3.63) is 33.7 Å². The standard InChI is InChI=1S/C11H11BrN6OS/c12-9-2-1-8(20-9)11-16-15-10(19-11)6-18-5-7(3-4-13)14-17-18/h1-2,5H,3-4,6,13H2. The Morgan fingerprint density at radius 2 is 2.20 bits per heavy atom. The highest BCUT2D eigenvalue weighted by Gasteiger charge is 2.11. The normalized spacial score (nSPS) is 11.1. The lowest BCUT2D eigenvalue weighted by molar-refractivity contribution is 0.470. The van der Waals surface area contributed by atoms with E-state index < -0.39 is 0 Å². The van der Waals surface area contributed by atoms with E-state index in [1.165, 1.54) is 0 Å². The summed E-state index contributed by atoms with van der Waals surface area (Å²) in [6, 6.07) is 3.88. The molecule has 3 aromatic rings. The average Bonchev–Trinajstić information content (AvgIpc) is 3.12. The molecule has 3 rings (SSSR count). The number of rotatable bonds is 5. The van der Waals surface area contributed by atoms with E-state index in [2.05, 4.69) is 36.4 Å². The quantitative estimate of drug-likeness (QED) is 0.748. The molecule has 3 heterocycles. The molecule has 0 amide bonds. The van der Waals surface area contributed by atoms with Gasteiger partial charge in [0, 0.05) is 12.6 Å². The lowest BCUT2D eigenvalue weighted by atomic mass is 10.3. The summed E-state index contributed by atoms with van der Waals surface area (Å²) < 4.78 is 8.29. The van der Waals surface area contributed by atoms with Crippen LogP contribution >= 0.6 is 27.3 Å². The summed E-state index contributed by atoms with van der Waals surface area (Å²) in [4.78, 5) is 0.929. The molecule has 0 radical (unpaired) electrons. The predicted octanol–water partition coefficient (Wildman–Crippen LogP) is 1.70. The minimum absolute atomic E-state index is 0.400. The van der Waals surface area contributed by atoms with Gasteiger partial charge in [-0.15, -0.1) is 26.6 Å². The van der Waals surface area contributed by atoms with Crippen molar-refractivity contribution >= 4 is 27.3 Å². The van der Waals surface area contributed by atoms with E-state index in [-0.39, 0.29) is 0 Å². The van der Waals surface area contributed by atoms with Crippen molar-refractivity contribution in [1.29, 1.82) is 0 Å². The molecule has 0 aliphatic rings. The maximum absolute atomic E-state index is 5.61. The predicted molar refractivity (Wildman–Crippen MR) is 77.2 cm³/mol. The Labute approximate surface area is 126 Å². The maximum atomic E-state index is 5.61. The van der Waals surface area contributed by atoms with Crippen LogP contribution in [0.15, 0.2) is 26.5 Å². The number of hydrogen-bond acceptors (Lipinski definition) is 7. The first-order valence-corrected chi connectivity index (χ1v) is 7.52. The van der Waals surface area contributed by atoms with Crippen LogP contribution in [0.25, 0.3) is 10.8 Å². The second-order valence-electron chi connectivity index (χ2n) is 4.05. The zero-order chi connectivity index (χ0) is 13.9. The van der Waals surface area contributed by atoms with Gasteiger partial charge in [-0.2, -0.15) is 0 Å². The molecule has 0 saturated carbocycles. The van der Waals surface area contributed by atoms with Crippen molar-refractivity contribution in [2.75, 3.05) is 6.54 Å². The highest BCUT2D eigenvalue weighted by atomic mass is 79.9. The fourth-order valence-corrected chi connectivity index (χ4v) is 2.97. The Morgan fingerprint density at radius 3 is 2.95 bits per heavy atom. The van der Waals surface area contributed by atoms with Gasteiger partial charge in [0.15, 0.2) is 0 Å². The first-order chi connectivity index (χ1) is 9.74. The molecule has 0 bridgehead atoms. The van der Waals surface area contributed by atoms with E-state index in [9.17, 15) is 0 Å². The summed E-state index contributed by atoms with van der Waals surface area (Å²) in [5.74, 6) is 1.01. The summed E-state index contributed by atoms with van der Waals surface area (Å²) in [7, 11) is 0. The molecule has 2 N–H and O–H groups in total. The Bertz CT molecular complexity index is 705. The van der Waals surface area contributed by atoms with Gasteiger partial charge in [0.05, 0.1) is 14.4 Å². The Balaban J connectivity index is 1.73. The summed E-state index contributed by atoms with van der Waals surface area (Å²) in [5, 5.41) is 16.0. The van der Waals surface area contributed by atoms with E-state index >= 15 is 0 Å². The third kappa shape index (κ3) is 2.94. The third-order valence-corrected chi connectivity index (χ3v) is 4.15. The molecule has 3 aromatic heterocycles. The van der Waals surface area contributed by atoms with Crippen LogP contribution in [0.3, 0.4) is 0 Å². The number of aromatic nitrogens is 5. The van der Waals surface area contributed by atoms with Crippen molar-refractivity contribution in [1.82, 2.24) is 25.2 Å². The van der Waals surface area contributed by atoms with Gasteiger partial charge in [0.1, 0.15) is 6.54 Å². The third-order valence-electron chi connectivity index (χ3n) is 2.53. The molecule has 20 heavy (non-hydrogen) atoms. The molecular weight excluding hydrogens is 344 g/mol. The Hall–Kier alpha value is -1.58. The molecular formula is C11H11BrN6OS. The van der Waals surface area contributed by atoms with Gasteiger partial charge in [0.25, 0.3) is 5.89 Å². The smallest absolute Gasteiger partial charge is 0.257 e. The van der Waals surface area contributed by atoms with Crippen LogP contribution < -0.4 is 5.73 Å². The second-order valence-corrected chi connectivity index (χ2v) is 6.51. The van der Waals surface area contributed by atoms with Gasteiger partial charge < -0.3 is 10.2 Å². The van der Waals surface area contributed by atoms with Crippen LogP contribution in [-0.4, -0.2) is 31.7 Å². The van der Waals surface area contributed by atoms with Gasteiger partial charge in [0.2, 0.25) is 5.89 Å². The SMILES string of the molecule is NCCc1cn(Cc2nnc(-c3ccc(Br)s3)o2)nn1. The van der Waals surface area contributed by atoms with Crippen LogP contribution in [-0.2, 0) is 13.0 Å². The van der Waals surface area contributed by atoms with Gasteiger partial charge in [-0.05, 0) is 34.6 Å². The van der Waals surface area contributed by atoms with Gasteiger partial charge >= 0.3 is 0 Å². The summed E-state index contributed by atoms with van der Waals surface area (Å²) in [6.45, 7) is 0.952. The molecule has 0 unspecified atom stereocenters. The minimum Gasteiger partial charge on any atom is -0.418 e. The monoisotopic (exact) mass is 354 g/mol. The topological polar surface area (TPSA) is 95.7 Å². The van der Waals surface area contributed by atoms with E-state index in [0.717, 1.165) is 14.4 Å². The molecule has 0 aromatic carbocycles. The minimum atomic E-state index is 0.400. The Morgan fingerprint density at radius 1 is 1.30 bits per heavy atom. The summed E-state index contributed by atoms with van der Waals surface area (Å²) in [5.41, 5.74) is 6.33. The van der Waals surface area contributed by atoms with E-state index in [0.29, 0.717) is 31.3 Å². The van der Waals surface area contributed by atoms with Crippen LogP contribution in [0.1, 0.15) is 11.6 Å². The van der Waals surface area contributed by atoms with Gasteiger partial charge in [-0.25, -0.2) is 4.68 Å². The Kier molecular flexibility index (Phi) is 3.90. The first-order valence-electron chi connectivity index (χ1n) is 5.92. The maximum Gasteiger partial charge on any atom is 0.257 e. The number of nitrogens with zero attached hydrogens (tertiary/aromatic N) is 5. The second kappa shape index (κ2) is 5.81. The van der Waals surface area contributed by atoms with Crippen LogP contribution in [0, 0.1) is 0 Å². The van der Waals surface area contributed by atoms with E-state index in [1.807, 2.05) is 18.3 Å². The largest absolute Gasteiger partial charge is 0.418 e. The zero-order valence-corrected chi connectivity index (χ0v) is 12.8. The van der Waals surface area contributed by atoms with Crippen molar-refractivity contribution in [2.24, 2.45) is 5.73 Å². The molecule has 104 valence electrons. The molecule has 0 aliphatic carbocycles. The number of nitrogens with two attached hydrogens (primary N) is 1. The molecule has 0 saturated heterocycles. The van der Waals surface area contributed by atoms with Crippen LogP contribution in [0.4, 0.5) is 0 Å². The van der Waals surface area contributed by atoms with Crippen LogP contribution in [0.5, 0.6) is 0 Å². The van der Waals surface area contributed by atoms with Crippen molar-refractivity contribution in [3.63, 3.8) is 0 Å². The average molecular weight is 355 g/mol. The van der Waals surface area contributed by atoms with Gasteiger partial charge in [-0.1, -0.05) is 5.21 Å². The lowest BCUT2D eigenvalue weighted by Gasteiger charge is -1.93. The molecule has 0 aliphatic heterocycles.